The second-order valence-electron chi connectivity index (χ2n) is 5.79. The Bertz CT molecular complexity index is 1030. The third-order valence-electron chi connectivity index (χ3n) is 3.86. The molecule has 8 nitrogen and oxygen atoms in total. The van der Waals surface area contributed by atoms with Gasteiger partial charge in [0.2, 0.25) is 5.91 Å². The number of hydrogen-bond acceptors (Lipinski definition) is 4. The normalized spacial score (nSPS) is 11.0. The molecular weight excluding hydrogens is 322 g/mol. The van der Waals surface area contributed by atoms with E-state index in [0.717, 1.165) is 5.56 Å². The van der Waals surface area contributed by atoms with Crippen molar-refractivity contribution in [3.8, 4) is 0 Å². The molecule has 0 aliphatic rings. The number of hydrogen-bond donors (Lipinski definition) is 2. The lowest BCUT2D eigenvalue weighted by Gasteiger charge is -2.11. The molecule has 8 heteroatoms. The zero-order valence-electron chi connectivity index (χ0n) is 14.1. The van der Waals surface area contributed by atoms with Gasteiger partial charge in [-0.2, -0.15) is 5.10 Å². The van der Waals surface area contributed by atoms with E-state index in [-0.39, 0.29) is 29.3 Å². The second kappa shape index (κ2) is 6.76. The zero-order chi connectivity index (χ0) is 18.0. The number of carbonyl (C=O) groups excluding carboxylic acids is 1. The third-order valence-corrected chi connectivity index (χ3v) is 3.86. The molecule has 0 aliphatic carbocycles. The van der Waals surface area contributed by atoms with Crippen LogP contribution in [0.1, 0.15) is 25.8 Å². The molecule has 2 N–H and O–H groups in total. The number of aromatic nitrogens is 4. The van der Waals surface area contributed by atoms with Crippen molar-refractivity contribution in [1.29, 1.82) is 0 Å². The van der Waals surface area contributed by atoms with Crippen molar-refractivity contribution in [1.82, 2.24) is 19.3 Å². The summed E-state index contributed by atoms with van der Waals surface area (Å²) in [6.45, 7) is 3.82. The molecule has 0 fully saturated rings. The Morgan fingerprint density at radius 1 is 1.20 bits per heavy atom. The molecule has 3 rings (SSSR count). The van der Waals surface area contributed by atoms with Crippen molar-refractivity contribution in [2.75, 3.05) is 5.32 Å². The average molecular weight is 341 g/mol. The first-order chi connectivity index (χ1) is 12.0. The van der Waals surface area contributed by atoms with Gasteiger partial charge in [0.05, 0.1) is 6.54 Å². The molecule has 1 amide bonds. The van der Waals surface area contributed by atoms with Crippen molar-refractivity contribution in [3.05, 3.63) is 56.7 Å². The first-order valence-electron chi connectivity index (χ1n) is 8.06. The lowest BCUT2D eigenvalue weighted by Crippen LogP contribution is -2.40. The third kappa shape index (κ3) is 3.10. The first-order valence-corrected chi connectivity index (χ1v) is 8.06. The number of aromatic amines is 1. The second-order valence-corrected chi connectivity index (χ2v) is 5.79. The highest BCUT2D eigenvalue weighted by Gasteiger charge is 2.19. The molecule has 0 aliphatic heterocycles. The summed E-state index contributed by atoms with van der Waals surface area (Å²) in [6, 6.07) is 9.45. The van der Waals surface area contributed by atoms with E-state index in [1.165, 1.54) is 16.1 Å². The van der Waals surface area contributed by atoms with Crippen LogP contribution in [0.5, 0.6) is 0 Å². The van der Waals surface area contributed by atoms with Crippen molar-refractivity contribution >= 4 is 22.8 Å². The predicted molar refractivity (Wildman–Crippen MR) is 94.8 cm³/mol. The fourth-order valence-electron chi connectivity index (χ4n) is 2.78. The van der Waals surface area contributed by atoms with E-state index < -0.39 is 11.2 Å². The lowest BCUT2D eigenvalue weighted by molar-refractivity contribution is -0.114. The van der Waals surface area contributed by atoms with Crippen LogP contribution in [0.15, 0.2) is 39.9 Å². The van der Waals surface area contributed by atoms with Crippen LogP contribution in [-0.4, -0.2) is 25.2 Å². The van der Waals surface area contributed by atoms with Gasteiger partial charge in [-0.15, -0.1) is 0 Å². The summed E-state index contributed by atoms with van der Waals surface area (Å²) in [5.41, 5.74) is 0.277. The molecule has 0 spiro atoms. The maximum Gasteiger partial charge on any atom is 0.333 e. The smallest absolute Gasteiger partial charge is 0.311 e. The van der Waals surface area contributed by atoms with E-state index in [0.29, 0.717) is 13.0 Å². The topological polar surface area (TPSA) is 102 Å². The molecule has 3 aromatic rings. The summed E-state index contributed by atoms with van der Waals surface area (Å²) >= 11 is 0. The number of fused-ring (bicyclic) bond motifs is 1. The number of rotatable bonds is 5. The Labute approximate surface area is 143 Å². The lowest BCUT2D eigenvalue weighted by atomic mass is 10.2. The number of nitrogens with zero attached hydrogens (tertiary/aromatic N) is 3. The molecule has 2 heterocycles. The Kier molecular flexibility index (Phi) is 4.51. The molecule has 0 saturated carbocycles. The van der Waals surface area contributed by atoms with Gasteiger partial charge in [0.15, 0.2) is 5.65 Å². The van der Waals surface area contributed by atoms with Gasteiger partial charge in [-0.1, -0.05) is 37.3 Å². The van der Waals surface area contributed by atoms with Gasteiger partial charge < -0.3 is 5.32 Å². The van der Waals surface area contributed by atoms with E-state index in [9.17, 15) is 14.4 Å². The summed E-state index contributed by atoms with van der Waals surface area (Å²) in [5, 5.41) is 9.52. The molecule has 25 heavy (non-hydrogen) atoms. The molecule has 130 valence electrons. The monoisotopic (exact) mass is 341 g/mol. The maximum atomic E-state index is 12.8. The fraction of sp³-hybridized carbons (Fsp3) is 0.294. The summed E-state index contributed by atoms with van der Waals surface area (Å²) in [4.78, 5) is 36.9. The Morgan fingerprint density at radius 3 is 2.56 bits per heavy atom. The van der Waals surface area contributed by atoms with Gasteiger partial charge in [0.1, 0.15) is 11.2 Å². The van der Waals surface area contributed by atoms with Crippen LogP contribution in [0.4, 0.5) is 5.82 Å². The van der Waals surface area contributed by atoms with E-state index in [1.807, 2.05) is 37.3 Å². The highest BCUT2D eigenvalue weighted by atomic mass is 16.2. The number of nitrogens with one attached hydrogen (secondary N) is 2. The molecule has 0 radical (unpaired) electrons. The number of amides is 1. The quantitative estimate of drug-likeness (QED) is 0.730. The number of H-pyrrole nitrogens is 1. The summed E-state index contributed by atoms with van der Waals surface area (Å²) in [5.74, 6) is -0.119. The van der Waals surface area contributed by atoms with Crippen molar-refractivity contribution in [2.45, 2.75) is 33.4 Å². The van der Waals surface area contributed by atoms with Crippen molar-refractivity contribution < 1.29 is 4.79 Å². The van der Waals surface area contributed by atoms with Crippen LogP contribution in [0.25, 0.3) is 11.0 Å². The van der Waals surface area contributed by atoms with Gasteiger partial charge in [-0.05, 0) is 12.0 Å². The first kappa shape index (κ1) is 16.7. The summed E-state index contributed by atoms with van der Waals surface area (Å²) < 4.78 is 2.63. The SMILES string of the molecule is CCCn1c(=O)c2c(NC(C)=O)[nH]nc2n(Cc2ccccc2)c1=O. The molecule has 0 saturated heterocycles. The molecule has 2 aromatic heterocycles. The molecule has 0 unspecified atom stereocenters. The largest absolute Gasteiger partial charge is 0.333 e. The van der Waals surface area contributed by atoms with Crippen LogP contribution >= 0.6 is 0 Å². The van der Waals surface area contributed by atoms with Gasteiger partial charge >= 0.3 is 5.69 Å². The van der Waals surface area contributed by atoms with Gasteiger partial charge in [0, 0.05) is 13.5 Å². The molecule has 0 bridgehead atoms. The summed E-state index contributed by atoms with van der Waals surface area (Å²) in [7, 11) is 0. The minimum Gasteiger partial charge on any atom is -0.311 e. The van der Waals surface area contributed by atoms with Crippen LogP contribution < -0.4 is 16.6 Å². The van der Waals surface area contributed by atoms with E-state index in [1.54, 1.807) is 0 Å². The maximum absolute atomic E-state index is 12.8. The van der Waals surface area contributed by atoms with Crippen molar-refractivity contribution in [2.24, 2.45) is 0 Å². The van der Waals surface area contributed by atoms with E-state index in [2.05, 4.69) is 15.5 Å². The van der Waals surface area contributed by atoms with Crippen LogP contribution in [0.3, 0.4) is 0 Å². The van der Waals surface area contributed by atoms with Crippen LogP contribution in [0, 0.1) is 0 Å². The minimum absolute atomic E-state index is 0.208. The van der Waals surface area contributed by atoms with E-state index >= 15 is 0 Å². The average Bonchev–Trinajstić information content (AvgIpc) is 2.99. The van der Waals surface area contributed by atoms with Crippen molar-refractivity contribution in [3.63, 3.8) is 0 Å². The summed E-state index contributed by atoms with van der Waals surface area (Å²) in [6.07, 6.45) is 0.638. The Hall–Kier alpha value is -3.16. The molecule has 0 atom stereocenters. The standard InChI is InChI=1S/C17H19N5O3/c1-3-9-21-16(24)13-14(18-11(2)23)19-20-15(13)22(17(21)25)10-12-7-5-4-6-8-12/h4-8H,3,9-10H2,1-2H3,(H2,18,19,20,23). The van der Waals surface area contributed by atoms with Crippen LogP contribution in [-0.2, 0) is 17.9 Å². The predicted octanol–water partition coefficient (Wildman–Crippen LogP) is 1.30. The Morgan fingerprint density at radius 2 is 1.92 bits per heavy atom. The number of anilines is 1. The zero-order valence-corrected chi connectivity index (χ0v) is 14.1. The van der Waals surface area contributed by atoms with Gasteiger partial charge in [-0.3, -0.25) is 23.8 Å². The molecule has 1 aromatic carbocycles. The number of benzene rings is 1. The fourth-order valence-corrected chi connectivity index (χ4v) is 2.78. The highest BCUT2D eigenvalue weighted by molar-refractivity contribution is 5.97. The van der Waals surface area contributed by atoms with Gasteiger partial charge in [0.25, 0.3) is 5.56 Å². The van der Waals surface area contributed by atoms with Gasteiger partial charge in [-0.25, -0.2) is 4.79 Å². The highest BCUT2D eigenvalue weighted by Crippen LogP contribution is 2.16. The molecular formula is C17H19N5O3. The Balaban J connectivity index is 2.27. The van der Waals surface area contributed by atoms with Crippen LogP contribution in [0.2, 0.25) is 0 Å². The minimum atomic E-state index is -0.455. The van der Waals surface area contributed by atoms with E-state index in [4.69, 9.17) is 0 Å². The number of carbonyl (C=O) groups is 1.